The Morgan fingerprint density at radius 3 is 2.64 bits per heavy atom. The van der Waals surface area contributed by atoms with Crippen LogP contribution in [-0.4, -0.2) is 24.9 Å². The Bertz CT molecular complexity index is 323. The molecule has 0 saturated heterocycles. The number of nitrogen functional groups attached to an aromatic ring is 1. The van der Waals surface area contributed by atoms with E-state index in [0.29, 0.717) is 5.56 Å². The van der Waals surface area contributed by atoms with Gasteiger partial charge >= 0.3 is 0 Å². The zero-order valence-electron chi connectivity index (χ0n) is 8.45. The molecular weight excluding hydrogens is 178 g/mol. The average molecular weight is 193 g/mol. The van der Waals surface area contributed by atoms with Crippen molar-refractivity contribution in [3.8, 4) is 0 Å². The molecule has 0 aliphatic carbocycles. The Morgan fingerprint density at radius 1 is 1.43 bits per heavy atom. The van der Waals surface area contributed by atoms with Gasteiger partial charge in [-0.25, -0.2) is 5.84 Å². The van der Waals surface area contributed by atoms with Crippen LogP contribution in [-0.2, 0) is 6.54 Å². The number of nitrogens with one attached hydrogen (secondary N) is 1. The van der Waals surface area contributed by atoms with E-state index in [2.05, 4.69) is 5.43 Å². The van der Waals surface area contributed by atoms with Gasteiger partial charge in [0.15, 0.2) is 0 Å². The molecule has 0 heterocycles. The minimum absolute atomic E-state index is 0.248. The molecule has 0 unspecified atom stereocenters. The number of hydrogen-bond donors (Lipinski definition) is 2. The van der Waals surface area contributed by atoms with Crippen LogP contribution in [0.2, 0.25) is 0 Å². The predicted molar refractivity (Wildman–Crippen MR) is 55.5 cm³/mol. The third kappa shape index (κ3) is 2.55. The lowest BCUT2D eigenvalue weighted by atomic mass is 10.1. The molecule has 0 radical (unpaired) electrons. The van der Waals surface area contributed by atoms with Crippen LogP contribution < -0.4 is 11.3 Å². The molecule has 0 spiro atoms. The standard InChI is InChI=1S/C10H15N3O/c1-13(2)7-8-5-3-4-6-9(8)10(14)12-11/h3-6H,7,11H2,1-2H3,(H,12,14). The van der Waals surface area contributed by atoms with E-state index in [0.717, 1.165) is 12.1 Å². The van der Waals surface area contributed by atoms with Gasteiger partial charge in [0.2, 0.25) is 0 Å². The van der Waals surface area contributed by atoms with Crippen molar-refractivity contribution in [1.29, 1.82) is 0 Å². The van der Waals surface area contributed by atoms with Crippen LogP contribution in [0.15, 0.2) is 24.3 Å². The van der Waals surface area contributed by atoms with Crippen molar-refractivity contribution < 1.29 is 4.79 Å². The second-order valence-corrected chi connectivity index (χ2v) is 3.37. The van der Waals surface area contributed by atoms with Crippen molar-refractivity contribution in [3.05, 3.63) is 35.4 Å². The maximum atomic E-state index is 11.4. The summed E-state index contributed by atoms with van der Waals surface area (Å²) in [5, 5.41) is 0. The van der Waals surface area contributed by atoms with E-state index >= 15 is 0 Å². The Hall–Kier alpha value is -1.39. The summed E-state index contributed by atoms with van der Waals surface area (Å²) in [7, 11) is 3.91. The zero-order valence-corrected chi connectivity index (χ0v) is 8.45. The molecule has 0 fully saturated rings. The third-order valence-corrected chi connectivity index (χ3v) is 1.88. The molecule has 4 heteroatoms. The highest BCUT2D eigenvalue weighted by Gasteiger charge is 2.09. The third-order valence-electron chi connectivity index (χ3n) is 1.88. The number of carbonyl (C=O) groups is 1. The number of amides is 1. The van der Waals surface area contributed by atoms with E-state index in [4.69, 9.17) is 5.84 Å². The molecule has 0 aromatic heterocycles. The van der Waals surface area contributed by atoms with Crippen LogP contribution in [0.1, 0.15) is 15.9 Å². The van der Waals surface area contributed by atoms with Gasteiger partial charge in [0.05, 0.1) is 0 Å². The summed E-state index contributed by atoms with van der Waals surface area (Å²) >= 11 is 0. The topological polar surface area (TPSA) is 58.4 Å². The lowest BCUT2D eigenvalue weighted by Gasteiger charge is -2.12. The van der Waals surface area contributed by atoms with Crippen molar-refractivity contribution in [3.63, 3.8) is 0 Å². The highest BCUT2D eigenvalue weighted by molar-refractivity contribution is 5.95. The second kappa shape index (κ2) is 4.74. The van der Waals surface area contributed by atoms with E-state index < -0.39 is 0 Å². The van der Waals surface area contributed by atoms with Crippen molar-refractivity contribution in [2.75, 3.05) is 14.1 Å². The van der Waals surface area contributed by atoms with Crippen molar-refractivity contribution in [2.45, 2.75) is 6.54 Å². The Balaban J connectivity index is 2.97. The first kappa shape index (κ1) is 10.7. The Kier molecular flexibility index (Phi) is 3.62. The molecule has 14 heavy (non-hydrogen) atoms. The number of hydrogen-bond acceptors (Lipinski definition) is 3. The fraction of sp³-hybridized carbons (Fsp3) is 0.300. The number of nitrogens with zero attached hydrogens (tertiary/aromatic N) is 1. The molecule has 4 nitrogen and oxygen atoms in total. The van der Waals surface area contributed by atoms with Crippen molar-refractivity contribution in [1.82, 2.24) is 10.3 Å². The van der Waals surface area contributed by atoms with Crippen LogP contribution >= 0.6 is 0 Å². The lowest BCUT2D eigenvalue weighted by Crippen LogP contribution is -2.31. The largest absolute Gasteiger partial charge is 0.305 e. The van der Waals surface area contributed by atoms with E-state index in [9.17, 15) is 4.79 Å². The van der Waals surface area contributed by atoms with E-state index in [-0.39, 0.29) is 5.91 Å². The molecular formula is C10H15N3O. The van der Waals surface area contributed by atoms with E-state index in [1.807, 2.05) is 37.2 Å². The number of benzene rings is 1. The fourth-order valence-corrected chi connectivity index (χ4v) is 1.30. The summed E-state index contributed by atoms with van der Waals surface area (Å²) in [6.07, 6.45) is 0. The smallest absolute Gasteiger partial charge is 0.265 e. The summed E-state index contributed by atoms with van der Waals surface area (Å²) in [6.45, 7) is 0.726. The van der Waals surface area contributed by atoms with Gasteiger partial charge in [-0.1, -0.05) is 18.2 Å². The summed E-state index contributed by atoms with van der Waals surface area (Å²) in [4.78, 5) is 13.4. The Morgan fingerprint density at radius 2 is 2.07 bits per heavy atom. The van der Waals surface area contributed by atoms with Crippen molar-refractivity contribution in [2.24, 2.45) is 5.84 Å². The zero-order chi connectivity index (χ0) is 10.6. The second-order valence-electron chi connectivity index (χ2n) is 3.37. The average Bonchev–Trinajstić information content (AvgIpc) is 2.16. The molecule has 1 aromatic rings. The molecule has 0 bridgehead atoms. The molecule has 1 amide bonds. The minimum atomic E-state index is -0.248. The summed E-state index contributed by atoms with van der Waals surface area (Å²) < 4.78 is 0. The molecule has 3 N–H and O–H groups in total. The molecule has 1 aromatic carbocycles. The van der Waals surface area contributed by atoms with Gasteiger partial charge in [0, 0.05) is 12.1 Å². The SMILES string of the molecule is CN(C)Cc1ccccc1C(=O)NN. The quantitative estimate of drug-likeness (QED) is 0.414. The van der Waals surface area contributed by atoms with Gasteiger partial charge in [-0.15, -0.1) is 0 Å². The number of carbonyl (C=O) groups excluding carboxylic acids is 1. The lowest BCUT2D eigenvalue weighted by molar-refractivity contribution is 0.0952. The van der Waals surface area contributed by atoms with Gasteiger partial charge in [-0.3, -0.25) is 10.2 Å². The van der Waals surface area contributed by atoms with Crippen LogP contribution in [0, 0.1) is 0 Å². The summed E-state index contributed by atoms with van der Waals surface area (Å²) in [5.41, 5.74) is 3.74. The van der Waals surface area contributed by atoms with Gasteiger partial charge in [0.1, 0.15) is 0 Å². The van der Waals surface area contributed by atoms with Gasteiger partial charge in [-0.2, -0.15) is 0 Å². The molecule has 0 atom stereocenters. The monoisotopic (exact) mass is 193 g/mol. The maximum Gasteiger partial charge on any atom is 0.265 e. The van der Waals surface area contributed by atoms with Crippen LogP contribution in [0.4, 0.5) is 0 Å². The number of nitrogens with two attached hydrogens (primary N) is 1. The first-order chi connectivity index (χ1) is 6.65. The summed E-state index contributed by atoms with van der Waals surface area (Å²) in [6, 6.07) is 7.42. The molecule has 0 saturated carbocycles. The van der Waals surface area contributed by atoms with Gasteiger partial charge in [0.25, 0.3) is 5.91 Å². The van der Waals surface area contributed by atoms with Crippen LogP contribution in [0.3, 0.4) is 0 Å². The highest BCUT2D eigenvalue weighted by Crippen LogP contribution is 2.09. The molecule has 1 rings (SSSR count). The molecule has 0 aliphatic rings. The van der Waals surface area contributed by atoms with E-state index in [1.54, 1.807) is 6.07 Å². The minimum Gasteiger partial charge on any atom is -0.305 e. The van der Waals surface area contributed by atoms with Crippen LogP contribution in [0.5, 0.6) is 0 Å². The first-order valence-corrected chi connectivity index (χ1v) is 4.38. The predicted octanol–water partition coefficient (Wildman–Crippen LogP) is 0.352. The Labute approximate surface area is 83.7 Å². The molecule has 76 valence electrons. The van der Waals surface area contributed by atoms with Gasteiger partial charge < -0.3 is 4.90 Å². The van der Waals surface area contributed by atoms with E-state index in [1.165, 1.54) is 0 Å². The number of rotatable bonds is 3. The normalized spacial score (nSPS) is 10.3. The van der Waals surface area contributed by atoms with Crippen molar-refractivity contribution >= 4 is 5.91 Å². The first-order valence-electron chi connectivity index (χ1n) is 4.38. The van der Waals surface area contributed by atoms with Gasteiger partial charge in [-0.05, 0) is 25.7 Å². The maximum absolute atomic E-state index is 11.4. The fourth-order valence-electron chi connectivity index (χ4n) is 1.30. The molecule has 0 aliphatic heterocycles. The highest BCUT2D eigenvalue weighted by atomic mass is 16.2. The van der Waals surface area contributed by atoms with Crippen LogP contribution in [0.25, 0.3) is 0 Å². The number of hydrazine groups is 1. The summed E-state index contributed by atoms with van der Waals surface area (Å²) in [5.74, 6) is 4.84.